The van der Waals surface area contributed by atoms with Crippen molar-refractivity contribution >= 4 is 51.6 Å². The number of hydrogen-bond acceptors (Lipinski definition) is 8. The number of aliphatic carboxylic acids is 1. The summed E-state index contributed by atoms with van der Waals surface area (Å²) in [6.07, 6.45) is 3.07. The highest BCUT2D eigenvalue weighted by atomic mass is 35.5. The quantitative estimate of drug-likeness (QED) is 0.144. The van der Waals surface area contributed by atoms with Crippen LogP contribution in [0.25, 0.3) is 33.3 Å². The third-order valence-electron chi connectivity index (χ3n) is 12.3. The van der Waals surface area contributed by atoms with E-state index in [2.05, 4.69) is 15.2 Å². The zero-order chi connectivity index (χ0) is 39.7. The highest BCUT2D eigenvalue weighted by Crippen LogP contribution is 2.63. The van der Waals surface area contributed by atoms with Gasteiger partial charge in [0.2, 0.25) is 5.88 Å². The molecule has 2 aliphatic carbocycles. The molecule has 0 radical (unpaired) electrons. The Labute approximate surface area is 330 Å². The molecule has 15 heteroatoms. The van der Waals surface area contributed by atoms with Gasteiger partial charge in [-0.25, -0.2) is 23.5 Å². The second-order valence-electron chi connectivity index (χ2n) is 15.4. The van der Waals surface area contributed by atoms with Crippen molar-refractivity contribution in [2.24, 2.45) is 24.9 Å². The zero-order valence-electron chi connectivity index (χ0n) is 31.1. The fourth-order valence-corrected chi connectivity index (χ4v) is 9.76. The second kappa shape index (κ2) is 14.3. The van der Waals surface area contributed by atoms with Crippen LogP contribution in [-0.4, -0.2) is 55.3 Å². The van der Waals surface area contributed by atoms with Crippen LogP contribution in [0.1, 0.15) is 61.8 Å². The van der Waals surface area contributed by atoms with Crippen LogP contribution in [-0.2, 0) is 31.9 Å². The number of rotatable bonds is 10. The molecule has 2 bridgehead atoms. The summed E-state index contributed by atoms with van der Waals surface area (Å²) >= 11 is 14.2. The number of halogens is 4. The molecule has 5 aromatic rings. The zero-order valence-corrected chi connectivity index (χ0v) is 32.6. The van der Waals surface area contributed by atoms with Crippen LogP contribution in [0.15, 0.2) is 58.1 Å². The maximum atomic E-state index is 14.0. The lowest BCUT2D eigenvalue weighted by Crippen LogP contribution is -2.37. The Hall–Kier alpha value is -4.85. The molecule has 292 valence electrons. The summed E-state index contributed by atoms with van der Waals surface area (Å²) in [6.45, 7) is 2.44. The van der Waals surface area contributed by atoms with Gasteiger partial charge in [0.15, 0.2) is 0 Å². The van der Waals surface area contributed by atoms with E-state index in [9.17, 15) is 28.3 Å². The first-order chi connectivity index (χ1) is 26.7. The van der Waals surface area contributed by atoms with Gasteiger partial charge in [-0.05, 0) is 80.7 Å². The van der Waals surface area contributed by atoms with E-state index < -0.39 is 34.8 Å². The van der Waals surface area contributed by atoms with E-state index in [0.29, 0.717) is 39.8 Å². The van der Waals surface area contributed by atoms with Crippen molar-refractivity contribution < 1.29 is 23.4 Å². The van der Waals surface area contributed by atoms with Gasteiger partial charge in [0.1, 0.15) is 16.9 Å². The number of aryl methyl sites for hydroxylation is 1. The van der Waals surface area contributed by atoms with E-state index in [-0.39, 0.29) is 32.8 Å². The van der Waals surface area contributed by atoms with E-state index in [0.717, 1.165) is 84.4 Å². The molecule has 1 aliphatic heterocycles. The Morgan fingerprint density at radius 1 is 0.982 bits per heavy atom. The van der Waals surface area contributed by atoms with Gasteiger partial charge < -0.3 is 15.2 Å². The lowest BCUT2D eigenvalue weighted by molar-refractivity contribution is -0.148. The number of aromatic nitrogens is 4. The number of benzene rings is 2. The van der Waals surface area contributed by atoms with Gasteiger partial charge in [-0.15, -0.1) is 0 Å². The van der Waals surface area contributed by atoms with E-state index >= 15 is 0 Å². The van der Waals surface area contributed by atoms with Crippen LogP contribution >= 0.6 is 23.2 Å². The molecule has 0 spiro atoms. The number of alkyl halides is 2. The third-order valence-corrected chi connectivity index (χ3v) is 13.2. The maximum Gasteiger partial charge on any atom is 0.330 e. The third kappa shape index (κ3) is 6.33. The van der Waals surface area contributed by atoms with Crippen molar-refractivity contribution in [2.45, 2.75) is 57.9 Å². The van der Waals surface area contributed by atoms with Gasteiger partial charge in [0.25, 0.3) is 12.0 Å². The molecule has 3 aliphatic rings. The number of nitrogens with zero attached hydrogens (tertiary/aromatic N) is 5. The van der Waals surface area contributed by atoms with Gasteiger partial charge in [-0.2, -0.15) is 0 Å². The molecule has 2 N–H and O–H groups in total. The normalized spacial score (nSPS) is 20.5. The fraction of sp³-hybridized carbons (Fsp3) is 0.390. The molecular weight excluding hydrogens is 765 g/mol. The van der Waals surface area contributed by atoms with Crippen molar-refractivity contribution in [2.75, 3.05) is 25.5 Å². The summed E-state index contributed by atoms with van der Waals surface area (Å²) < 4.78 is 35.8. The summed E-state index contributed by atoms with van der Waals surface area (Å²) in [5.41, 5.74) is 2.40. The Kier molecular flexibility index (Phi) is 9.69. The number of fused-ring (bicyclic) bond motifs is 4. The SMILES string of the molecule is COc1nc(-c2cccc(-c3cccc(Nc4nc(C(F)F)cc5c4c(=O)n(C)c(=O)n5C)c3Cl)c2Cl)cc2c1CCN(CCC13CCC(C(=O)O)(CC1)C3)C2. The lowest BCUT2D eigenvalue weighted by atomic mass is 9.80. The number of ether oxygens (including phenoxy) is 1. The fourth-order valence-electron chi connectivity index (χ4n) is 9.16. The molecular formula is C41H40Cl2F2N6O5. The Balaban J connectivity index is 1.10. The van der Waals surface area contributed by atoms with E-state index in [1.165, 1.54) is 14.1 Å². The lowest BCUT2D eigenvalue weighted by Gasteiger charge is -2.33. The van der Waals surface area contributed by atoms with Gasteiger partial charge in [-0.1, -0.05) is 53.5 Å². The molecule has 2 fully saturated rings. The number of pyridine rings is 2. The Bertz CT molecular complexity index is 2550. The van der Waals surface area contributed by atoms with Crippen molar-refractivity contribution in [3.8, 4) is 28.3 Å². The molecule has 8 rings (SSSR count). The van der Waals surface area contributed by atoms with Crippen LogP contribution < -0.4 is 21.3 Å². The molecule has 56 heavy (non-hydrogen) atoms. The van der Waals surface area contributed by atoms with Gasteiger partial charge >= 0.3 is 11.7 Å². The maximum absolute atomic E-state index is 14.0. The molecule has 0 amide bonds. The van der Waals surface area contributed by atoms with Crippen molar-refractivity contribution in [3.05, 3.63) is 96.2 Å². The molecule has 3 aromatic heterocycles. The first kappa shape index (κ1) is 38.0. The van der Waals surface area contributed by atoms with E-state index in [1.54, 1.807) is 25.3 Å². The smallest absolute Gasteiger partial charge is 0.330 e. The van der Waals surface area contributed by atoms with Crippen LogP contribution in [0.4, 0.5) is 20.3 Å². The van der Waals surface area contributed by atoms with Gasteiger partial charge in [0, 0.05) is 49.4 Å². The number of anilines is 2. The first-order valence-corrected chi connectivity index (χ1v) is 19.3. The van der Waals surface area contributed by atoms with Crippen molar-refractivity contribution in [3.63, 3.8) is 0 Å². The van der Waals surface area contributed by atoms with Crippen LogP contribution in [0.2, 0.25) is 10.0 Å². The number of carboxylic acids is 1. The molecule has 0 atom stereocenters. The van der Waals surface area contributed by atoms with Crippen molar-refractivity contribution in [1.29, 1.82) is 0 Å². The Morgan fingerprint density at radius 2 is 1.68 bits per heavy atom. The summed E-state index contributed by atoms with van der Waals surface area (Å²) in [7, 11) is 4.31. The topological polar surface area (TPSA) is 132 Å². The van der Waals surface area contributed by atoms with Crippen molar-refractivity contribution in [1.82, 2.24) is 24.0 Å². The van der Waals surface area contributed by atoms with Crippen LogP contribution in [0.5, 0.6) is 5.88 Å². The number of methoxy groups -OCH3 is 1. The van der Waals surface area contributed by atoms with Crippen LogP contribution in [0.3, 0.4) is 0 Å². The minimum Gasteiger partial charge on any atom is -0.481 e. The standard InChI is InChI=1S/C41H40Cl2F2N6O5/c1-49-30-19-29(34(44)45)47-35(31(30)37(52)50(2)39(49)55)46-27-9-5-7-25(33(27)43)24-6-4-8-26(32(24)42)28-18-22-20-51(16-10-23(22)36(48-28)56-3)17-15-40-11-13-41(21-40,14-12-40)38(53)54/h4-9,18-19,34H,10-17,20-21H2,1-3H3,(H,46,47)(H,53,54). The number of hydrogen-bond donors (Lipinski definition) is 2. The summed E-state index contributed by atoms with van der Waals surface area (Å²) in [5, 5.41) is 13.4. The minimum absolute atomic E-state index is 0.000772. The number of carbonyl (C=O) groups is 1. The Morgan fingerprint density at radius 3 is 2.36 bits per heavy atom. The second-order valence-corrected chi connectivity index (χ2v) is 16.2. The van der Waals surface area contributed by atoms with E-state index in [1.807, 2.05) is 24.3 Å². The van der Waals surface area contributed by atoms with Crippen LogP contribution in [0, 0.1) is 10.8 Å². The molecule has 2 aromatic carbocycles. The van der Waals surface area contributed by atoms with E-state index in [4.69, 9.17) is 32.9 Å². The predicted molar refractivity (Wildman–Crippen MR) is 211 cm³/mol. The summed E-state index contributed by atoms with van der Waals surface area (Å²) in [4.78, 5) is 49.3. The monoisotopic (exact) mass is 804 g/mol. The predicted octanol–water partition coefficient (Wildman–Crippen LogP) is 8.14. The van der Waals surface area contributed by atoms with Gasteiger partial charge in [-0.3, -0.25) is 23.6 Å². The number of carboxylic acid groups (broad SMARTS) is 1. The minimum atomic E-state index is -2.97. The molecule has 2 saturated carbocycles. The highest BCUT2D eigenvalue weighted by molar-refractivity contribution is 6.39. The number of nitrogens with one attached hydrogen (secondary N) is 1. The summed E-state index contributed by atoms with van der Waals surface area (Å²) in [6, 6.07) is 13.7. The average Bonchev–Trinajstić information content (AvgIpc) is 3.77. The molecule has 4 heterocycles. The first-order valence-electron chi connectivity index (χ1n) is 18.5. The van der Waals surface area contributed by atoms with Gasteiger partial charge in [0.05, 0.1) is 39.5 Å². The largest absolute Gasteiger partial charge is 0.481 e. The molecule has 0 saturated heterocycles. The molecule has 11 nitrogen and oxygen atoms in total. The average molecular weight is 806 g/mol. The highest BCUT2D eigenvalue weighted by Gasteiger charge is 2.57. The molecule has 0 unspecified atom stereocenters. The summed E-state index contributed by atoms with van der Waals surface area (Å²) in [5.74, 6) is -0.280.